The average molecular weight is 562 g/mol. The van der Waals surface area contributed by atoms with Crippen molar-refractivity contribution in [3.8, 4) is 28.4 Å². The van der Waals surface area contributed by atoms with E-state index in [1.807, 2.05) is 12.1 Å². The van der Waals surface area contributed by atoms with Crippen LogP contribution in [0.15, 0.2) is 41.2 Å². The molecule has 3 N–H and O–H groups in total. The lowest BCUT2D eigenvalue weighted by molar-refractivity contribution is -0.122. The number of methoxy groups -OCH3 is 3. The monoisotopic (exact) mass is 561 g/mol. The van der Waals surface area contributed by atoms with Crippen LogP contribution in [-0.2, 0) is 16.0 Å². The molecule has 0 radical (unpaired) electrons. The van der Waals surface area contributed by atoms with Gasteiger partial charge in [-0.25, -0.2) is 0 Å². The summed E-state index contributed by atoms with van der Waals surface area (Å²) in [7, 11) is 4.69. The minimum atomic E-state index is -0.614. The molecule has 9 nitrogen and oxygen atoms in total. The lowest BCUT2D eigenvalue weighted by Gasteiger charge is -2.20. The summed E-state index contributed by atoms with van der Waals surface area (Å²) in [6, 6.07) is 5.99. The molecular weight excluding hydrogens is 522 g/mol. The Balaban J connectivity index is 1.49. The van der Waals surface area contributed by atoms with Crippen molar-refractivity contribution in [1.29, 1.82) is 0 Å². The molecule has 2 amide bonds. The fourth-order valence-corrected chi connectivity index (χ4v) is 6.64. The SMILES string of the molecule is COc1cc2c(c(OC)c1OC)-c1ccc(N[C@@H](C)C(=O)NC[C@@H]3C[C@H]4C=C[C@@H]3C4)c(=O)cc1[C@@H](NC(C)=O)CC2. The number of hydrogen-bond donors (Lipinski definition) is 3. The number of aryl methyl sites for hydroxylation is 1. The number of hydrogen-bond acceptors (Lipinski definition) is 7. The summed E-state index contributed by atoms with van der Waals surface area (Å²) in [5.41, 5.74) is 3.16. The van der Waals surface area contributed by atoms with Crippen molar-refractivity contribution in [2.24, 2.45) is 17.8 Å². The van der Waals surface area contributed by atoms with Crippen LogP contribution in [0.3, 0.4) is 0 Å². The first-order chi connectivity index (χ1) is 19.7. The van der Waals surface area contributed by atoms with E-state index in [1.165, 1.54) is 13.3 Å². The molecule has 41 heavy (non-hydrogen) atoms. The van der Waals surface area contributed by atoms with Gasteiger partial charge in [0.1, 0.15) is 6.04 Å². The van der Waals surface area contributed by atoms with Crippen molar-refractivity contribution < 1.29 is 23.8 Å². The van der Waals surface area contributed by atoms with Crippen molar-refractivity contribution >= 4 is 17.5 Å². The van der Waals surface area contributed by atoms with Crippen LogP contribution in [0.2, 0.25) is 0 Å². The van der Waals surface area contributed by atoms with Gasteiger partial charge in [-0.1, -0.05) is 18.2 Å². The van der Waals surface area contributed by atoms with Crippen LogP contribution in [0.4, 0.5) is 5.69 Å². The first kappa shape index (κ1) is 28.5. The van der Waals surface area contributed by atoms with Crippen LogP contribution in [0, 0.1) is 17.8 Å². The lowest BCUT2D eigenvalue weighted by atomic mass is 9.93. The third kappa shape index (κ3) is 5.62. The summed E-state index contributed by atoms with van der Waals surface area (Å²) in [5, 5.41) is 9.21. The van der Waals surface area contributed by atoms with Crippen LogP contribution in [0.5, 0.6) is 17.2 Å². The molecule has 5 rings (SSSR count). The van der Waals surface area contributed by atoms with Crippen LogP contribution in [-0.4, -0.2) is 45.7 Å². The number of benzene rings is 1. The fourth-order valence-electron chi connectivity index (χ4n) is 6.64. The molecule has 0 saturated heterocycles. The van der Waals surface area contributed by atoms with Gasteiger partial charge in [-0.3, -0.25) is 14.4 Å². The van der Waals surface area contributed by atoms with E-state index in [1.54, 1.807) is 40.4 Å². The van der Waals surface area contributed by atoms with Crippen LogP contribution >= 0.6 is 0 Å². The molecule has 0 unspecified atom stereocenters. The van der Waals surface area contributed by atoms with Gasteiger partial charge in [0.15, 0.2) is 11.5 Å². The van der Waals surface area contributed by atoms with Crippen molar-refractivity contribution in [2.45, 2.75) is 51.6 Å². The molecule has 5 atom stereocenters. The summed E-state index contributed by atoms with van der Waals surface area (Å²) in [6.45, 7) is 3.85. The Morgan fingerprint density at radius 2 is 1.80 bits per heavy atom. The number of rotatable bonds is 9. The number of anilines is 1. The van der Waals surface area contributed by atoms with Gasteiger partial charge in [-0.15, -0.1) is 0 Å². The molecule has 9 heteroatoms. The first-order valence-electron chi connectivity index (χ1n) is 14.2. The number of nitrogens with one attached hydrogen (secondary N) is 3. The van der Waals surface area contributed by atoms with Gasteiger partial charge < -0.3 is 30.2 Å². The maximum absolute atomic E-state index is 13.5. The molecule has 0 heterocycles. The van der Waals surface area contributed by atoms with Gasteiger partial charge in [0.25, 0.3) is 0 Å². The maximum atomic E-state index is 13.5. The molecule has 3 aliphatic rings. The van der Waals surface area contributed by atoms with Gasteiger partial charge in [0.05, 0.1) is 33.1 Å². The van der Waals surface area contributed by atoms with E-state index in [9.17, 15) is 14.4 Å². The van der Waals surface area contributed by atoms with E-state index < -0.39 is 12.1 Å². The Labute approximate surface area is 240 Å². The topological polar surface area (TPSA) is 115 Å². The number of carbonyl (C=O) groups excluding carboxylic acids is 2. The van der Waals surface area contributed by atoms with Crippen molar-refractivity contribution in [3.63, 3.8) is 0 Å². The quantitative estimate of drug-likeness (QED) is 0.397. The minimum Gasteiger partial charge on any atom is -0.493 e. The Morgan fingerprint density at radius 1 is 1.02 bits per heavy atom. The summed E-state index contributed by atoms with van der Waals surface area (Å²) in [5.74, 6) is 2.80. The zero-order valence-electron chi connectivity index (χ0n) is 24.3. The zero-order chi connectivity index (χ0) is 29.3. The maximum Gasteiger partial charge on any atom is 0.242 e. The highest BCUT2D eigenvalue weighted by Crippen LogP contribution is 2.50. The Morgan fingerprint density at radius 3 is 2.44 bits per heavy atom. The van der Waals surface area contributed by atoms with E-state index in [4.69, 9.17) is 14.2 Å². The zero-order valence-corrected chi connectivity index (χ0v) is 24.3. The second-order valence-corrected chi connectivity index (χ2v) is 11.2. The summed E-state index contributed by atoms with van der Waals surface area (Å²) in [4.78, 5) is 38.7. The van der Waals surface area contributed by atoms with Crippen molar-refractivity contribution in [2.75, 3.05) is 33.2 Å². The highest BCUT2D eigenvalue weighted by atomic mass is 16.5. The normalized spacial score (nSPS) is 22.6. The van der Waals surface area contributed by atoms with Crippen LogP contribution in [0.1, 0.15) is 50.3 Å². The first-order valence-corrected chi connectivity index (χ1v) is 14.2. The second kappa shape index (κ2) is 11.8. The van der Waals surface area contributed by atoms with E-state index in [0.717, 1.165) is 23.1 Å². The Kier molecular flexibility index (Phi) is 8.24. The number of carbonyl (C=O) groups is 2. The molecule has 0 aromatic heterocycles. The van der Waals surface area contributed by atoms with Gasteiger partial charge in [-0.05, 0) is 85.3 Å². The molecule has 1 fully saturated rings. The third-order valence-corrected chi connectivity index (χ3v) is 8.64. The van der Waals surface area contributed by atoms with Crippen molar-refractivity contribution in [1.82, 2.24) is 10.6 Å². The van der Waals surface area contributed by atoms with Gasteiger partial charge in [0, 0.05) is 19.0 Å². The molecule has 0 spiro atoms. The van der Waals surface area contributed by atoms with E-state index >= 15 is 0 Å². The summed E-state index contributed by atoms with van der Waals surface area (Å²) in [6.07, 6.45) is 8.05. The van der Waals surface area contributed by atoms with E-state index in [2.05, 4.69) is 28.1 Å². The molecule has 218 valence electrons. The van der Waals surface area contributed by atoms with Gasteiger partial charge in [0.2, 0.25) is 23.0 Å². The smallest absolute Gasteiger partial charge is 0.242 e. The summed E-state index contributed by atoms with van der Waals surface area (Å²) >= 11 is 0. The van der Waals surface area contributed by atoms with Gasteiger partial charge >= 0.3 is 0 Å². The number of allylic oxidation sites excluding steroid dienone is 2. The van der Waals surface area contributed by atoms with E-state index in [0.29, 0.717) is 65.6 Å². The molecule has 2 aromatic carbocycles. The second-order valence-electron chi connectivity index (χ2n) is 11.2. The lowest BCUT2D eigenvalue weighted by Crippen LogP contribution is -2.41. The molecule has 2 aromatic rings. The highest BCUT2D eigenvalue weighted by molar-refractivity contribution is 5.85. The average Bonchev–Trinajstić information content (AvgIpc) is 3.51. The van der Waals surface area contributed by atoms with Crippen LogP contribution < -0.4 is 35.6 Å². The third-order valence-electron chi connectivity index (χ3n) is 8.64. The Hall–Kier alpha value is -4.01. The predicted molar refractivity (Wildman–Crippen MR) is 158 cm³/mol. The molecule has 2 bridgehead atoms. The fraction of sp³-hybridized carbons (Fsp3) is 0.469. The standard InChI is InChI=1S/C32H39N3O6/c1-17(32(38)33-16-22-13-19-6-7-20(22)12-19)34-26-11-9-23-24(15-27(26)37)25(35-18(2)36)10-8-21-14-28(39-3)30(40-4)31(41-5)29(21)23/h6-7,9,11,14-15,17,19-20,22,25H,8,10,12-13,16H2,1-5H3,(H,33,38)(H,34,37)(H,35,36)/t17-,19-,20+,22-,25-/m0/s1. The largest absolute Gasteiger partial charge is 0.493 e. The number of ether oxygens (including phenoxy) is 3. The van der Waals surface area contributed by atoms with Crippen molar-refractivity contribution in [3.05, 3.63) is 57.8 Å². The minimum absolute atomic E-state index is 0.149. The molecule has 3 aliphatic carbocycles. The predicted octanol–water partition coefficient (Wildman–Crippen LogP) is 3.99. The molecule has 1 saturated carbocycles. The molecule has 0 aliphatic heterocycles. The molecular formula is C32H39N3O6. The van der Waals surface area contributed by atoms with Gasteiger partial charge in [-0.2, -0.15) is 0 Å². The number of amides is 2. The highest BCUT2D eigenvalue weighted by Gasteiger charge is 2.36. The number of fused-ring (bicyclic) bond motifs is 5. The Bertz CT molecular complexity index is 1440. The van der Waals surface area contributed by atoms with E-state index in [-0.39, 0.29) is 17.2 Å². The van der Waals surface area contributed by atoms with Crippen LogP contribution in [0.25, 0.3) is 11.1 Å². The summed E-state index contributed by atoms with van der Waals surface area (Å²) < 4.78 is 17.1.